The first-order valence-corrected chi connectivity index (χ1v) is 3.75. The Bertz CT molecular complexity index is 198. The lowest BCUT2D eigenvalue weighted by Crippen LogP contribution is -2.25. The highest BCUT2D eigenvalue weighted by molar-refractivity contribution is 4.77. The van der Waals surface area contributed by atoms with Gasteiger partial charge in [-0.25, -0.2) is 8.78 Å². The summed E-state index contributed by atoms with van der Waals surface area (Å²) in [5.74, 6) is 0. The molecule has 0 atom stereocenters. The lowest BCUT2D eigenvalue weighted by Gasteiger charge is -2.03. The van der Waals surface area contributed by atoms with E-state index in [1.54, 1.807) is 23.1 Å². The van der Waals surface area contributed by atoms with E-state index < -0.39 is 6.43 Å². The predicted molar refractivity (Wildman–Crippen MR) is 41.1 cm³/mol. The largest absolute Gasteiger partial charge is 0.310 e. The molecule has 1 aromatic rings. The second-order valence-electron chi connectivity index (χ2n) is 2.36. The monoisotopic (exact) mass is 175 g/mol. The maximum atomic E-state index is 11.6. The highest BCUT2D eigenvalue weighted by Gasteiger charge is 1.99. The summed E-state index contributed by atoms with van der Waals surface area (Å²) in [5.41, 5.74) is 0. The first-order chi connectivity index (χ1) is 5.79. The van der Waals surface area contributed by atoms with E-state index in [1.807, 2.05) is 0 Å². The van der Waals surface area contributed by atoms with Crippen LogP contribution in [-0.4, -0.2) is 29.3 Å². The molecule has 0 unspecified atom stereocenters. The van der Waals surface area contributed by atoms with Gasteiger partial charge in [0.05, 0.1) is 13.1 Å². The molecule has 68 valence electrons. The molecule has 1 rings (SSSR count). The molecule has 0 aliphatic rings. The molecule has 0 fully saturated rings. The summed E-state index contributed by atoms with van der Waals surface area (Å²) in [6.07, 6.45) is 1.18. The molecule has 1 N–H and O–H groups in total. The van der Waals surface area contributed by atoms with E-state index in [0.29, 0.717) is 13.1 Å². The molecule has 0 aliphatic carbocycles. The second kappa shape index (κ2) is 4.82. The van der Waals surface area contributed by atoms with Crippen LogP contribution in [0.2, 0.25) is 0 Å². The lowest BCUT2D eigenvalue weighted by molar-refractivity contribution is 0.145. The quantitative estimate of drug-likeness (QED) is 0.669. The molecule has 0 aliphatic heterocycles. The van der Waals surface area contributed by atoms with Crippen LogP contribution in [0.5, 0.6) is 0 Å². The molecule has 0 spiro atoms. The van der Waals surface area contributed by atoms with E-state index in [2.05, 4.69) is 10.4 Å². The SMILES string of the molecule is FC(F)CNCCn1cccn1. The van der Waals surface area contributed by atoms with Crippen LogP contribution in [0.25, 0.3) is 0 Å². The van der Waals surface area contributed by atoms with Gasteiger partial charge in [-0.3, -0.25) is 4.68 Å². The van der Waals surface area contributed by atoms with Gasteiger partial charge in [-0.05, 0) is 6.07 Å². The standard InChI is InChI=1S/C7H11F2N3/c8-7(9)6-10-3-5-12-4-1-2-11-12/h1-2,4,7,10H,3,5-6H2. The third-order valence-corrected chi connectivity index (χ3v) is 1.38. The minimum Gasteiger partial charge on any atom is -0.310 e. The van der Waals surface area contributed by atoms with Crippen molar-refractivity contribution in [1.29, 1.82) is 0 Å². The topological polar surface area (TPSA) is 29.9 Å². The number of hydrogen-bond donors (Lipinski definition) is 1. The normalized spacial score (nSPS) is 10.9. The van der Waals surface area contributed by atoms with E-state index in [1.165, 1.54) is 0 Å². The first kappa shape index (κ1) is 9.12. The van der Waals surface area contributed by atoms with Crippen molar-refractivity contribution >= 4 is 0 Å². The van der Waals surface area contributed by atoms with Gasteiger partial charge in [0.25, 0.3) is 6.43 Å². The van der Waals surface area contributed by atoms with Crippen molar-refractivity contribution in [3.05, 3.63) is 18.5 Å². The average molecular weight is 175 g/mol. The van der Waals surface area contributed by atoms with Crippen LogP contribution in [-0.2, 0) is 6.54 Å². The fraction of sp³-hybridized carbons (Fsp3) is 0.571. The Kier molecular flexibility index (Phi) is 3.66. The lowest BCUT2D eigenvalue weighted by atomic mass is 10.6. The summed E-state index contributed by atoms with van der Waals surface area (Å²) in [6.45, 7) is 0.896. The molecule has 0 saturated heterocycles. The van der Waals surface area contributed by atoms with E-state index >= 15 is 0 Å². The Morgan fingerprint density at radius 2 is 2.33 bits per heavy atom. The number of halogens is 2. The van der Waals surface area contributed by atoms with E-state index in [0.717, 1.165) is 0 Å². The minimum absolute atomic E-state index is 0.249. The zero-order chi connectivity index (χ0) is 8.81. The van der Waals surface area contributed by atoms with Crippen LogP contribution < -0.4 is 5.32 Å². The Labute approximate surface area is 69.4 Å². The molecule has 0 bridgehead atoms. The highest BCUT2D eigenvalue weighted by Crippen LogP contribution is 1.87. The summed E-state index contributed by atoms with van der Waals surface area (Å²) >= 11 is 0. The average Bonchev–Trinajstić information content (AvgIpc) is 2.49. The van der Waals surface area contributed by atoms with Crippen molar-refractivity contribution < 1.29 is 8.78 Å². The van der Waals surface area contributed by atoms with Crippen LogP contribution in [0.1, 0.15) is 0 Å². The zero-order valence-electron chi connectivity index (χ0n) is 6.58. The van der Waals surface area contributed by atoms with Crippen LogP contribution in [0, 0.1) is 0 Å². The molecule has 0 aromatic carbocycles. The fourth-order valence-electron chi connectivity index (χ4n) is 0.837. The van der Waals surface area contributed by atoms with Crippen LogP contribution in [0.4, 0.5) is 8.78 Å². The molecule has 0 amide bonds. The Balaban J connectivity index is 2.04. The summed E-state index contributed by atoms with van der Waals surface area (Å²) < 4.78 is 24.9. The predicted octanol–water partition coefficient (Wildman–Crippen LogP) is 0.738. The van der Waals surface area contributed by atoms with Crippen LogP contribution in [0.15, 0.2) is 18.5 Å². The fourth-order valence-corrected chi connectivity index (χ4v) is 0.837. The summed E-state index contributed by atoms with van der Waals surface area (Å²) in [4.78, 5) is 0. The van der Waals surface area contributed by atoms with Gasteiger partial charge >= 0.3 is 0 Å². The Morgan fingerprint density at radius 1 is 1.50 bits per heavy atom. The van der Waals surface area contributed by atoms with Gasteiger partial charge < -0.3 is 5.32 Å². The highest BCUT2D eigenvalue weighted by atomic mass is 19.3. The van der Waals surface area contributed by atoms with Crippen molar-refractivity contribution in [1.82, 2.24) is 15.1 Å². The van der Waals surface area contributed by atoms with E-state index in [-0.39, 0.29) is 6.54 Å². The first-order valence-electron chi connectivity index (χ1n) is 3.75. The third-order valence-electron chi connectivity index (χ3n) is 1.38. The van der Waals surface area contributed by atoms with Gasteiger partial charge in [0.2, 0.25) is 0 Å². The molecular weight excluding hydrogens is 164 g/mol. The number of nitrogens with zero attached hydrogens (tertiary/aromatic N) is 2. The Hall–Kier alpha value is -0.970. The molecule has 3 nitrogen and oxygen atoms in total. The van der Waals surface area contributed by atoms with Crippen molar-refractivity contribution in [2.45, 2.75) is 13.0 Å². The Morgan fingerprint density at radius 3 is 2.92 bits per heavy atom. The summed E-state index contributed by atoms with van der Waals surface area (Å²) in [7, 11) is 0. The van der Waals surface area contributed by atoms with Gasteiger partial charge in [0.15, 0.2) is 0 Å². The molecule has 1 aromatic heterocycles. The molecule has 1 heterocycles. The van der Waals surface area contributed by atoms with E-state index in [4.69, 9.17) is 0 Å². The smallest absolute Gasteiger partial charge is 0.250 e. The van der Waals surface area contributed by atoms with Crippen molar-refractivity contribution in [3.8, 4) is 0 Å². The van der Waals surface area contributed by atoms with E-state index in [9.17, 15) is 8.78 Å². The van der Waals surface area contributed by atoms with Gasteiger partial charge in [-0.1, -0.05) is 0 Å². The minimum atomic E-state index is -2.28. The third kappa shape index (κ3) is 3.43. The van der Waals surface area contributed by atoms with Crippen LogP contribution in [0.3, 0.4) is 0 Å². The van der Waals surface area contributed by atoms with Crippen molar-refractivity contribution in [3.63, 3.8) is 0 Å². The number of aromatic nitrogens is 2. The number of alkyl halides is 2. The van der Waals surface area contributed by atoms with Crippen molar-refractivity contribution in [2.24, 2.45) is 0 Å². The molecule has 12 heavy (non-hydrogen) atoms. The van der Waals surface area contributed by atoms with Crippen LogP contribution >= 0.6 is 0 Å². The van der Waals surface area contributed by atoms with Gasteiger partial charge in [-0.15, -0.1) is 0 Å². The summed E-state index contributed by atoms with van der Waals surface area (Å²) in [6, 6.07) is 1.80. The molecule has 0 radical (unpaired) electrons. The van der Waals surface area contributed by atoms with Crippen molar-refractivity contribution in [2.75, 3.05) is 13.1 Å². The molecule has 5 heteroatoms. The molecular formula is C7H11F2N3. The molecule has 0 saturated carbocycles. The second-order valence-corrected chi connectivity index (χ2v) is 2.36. The maximum Gasteiger partial charge on any atom is 0.250 e. The number of hydrogen-bond acceptors (Lipinski definition) is 2. The van der Waals surface area contributed by atoms with Gasteiger partial charge in [-0.2, -0.15) is 5.10 Å². The number of rotatable bonds is 5. The van der Waals surface area contributed by atoms with Gasteiger partial charge in [0.1, 0.15) is 0 Å². The summed E-state index contributed by atoms with van der Waals surface area (Å²) in [5, 5.41) is 6.53. The number of nitrogens with one attached hydrogen (secondary N) is 1. The zero-order valence-corrected chi connectivity index (χ0v) is 6.58. The van der Waals surface area contributed by atoms with Gasteiger partial charge in [0, 0.05) is 18.9 Å². The maximum absolute atomic E-state index is 11.6.